The van der Waals surface area contributed by atoms with Crippen LogP contribution in [0.1, 0.15) is 10.4 Å². The number of nitrogens with zero attached hydrogens (tertiary/aromatic N) is 2. The molecule has 0 radical (unpaired) electrons. The van der Waals surface area contributed by atoms with E-state index in [4.69, 9.17) is 9.47 Å². The second-order valence-electron chi connectivity index (χ2n) is 6.08. The van der Waals surface area contributed by atoms with Crippen molar-refractivity contribution >= 4 is 22.6 Å². The van der Waals surface area contributed by atoms with Gasteiger partial charge in [0, 0.05) is 29.2 Å². The Bertz CT molecular complexity index is 1140. The minimum atomic E-state index is -0.242. The summed E-state index contributed by atoms with van der Waals surface area (Å²) >= 11 is 0. The second-order valence-corrected chi connectivity index (χ2v) is 6.08. The van der Waals surface area contributed by atoms with Gasteiger partial charge in [-0.05, 0) is 48.5 Å². The topological polar surface area (TPSA) is 89.1 Å². The molecular weight excluding hydrogens is 356 g/mol. The maximum absolute atomic E-state index is 12.6. The lowest BCUT2D eigenvalue weighted by molar-refractivity contribution is 0.102. The summed E-state index contributed by atoms with van der Waals surface area (Å²) in [5, 5.41) is 2.90. The molecule has 28 heavy (non-hydrogen) atoms. The number of amides is 1. The molecule has 0 atom stereocenters. The second kappa shape index (κ2) is 7.40. The molecule has 2 aromatic heterocycles. The Balaban J connectivity index is 1.58. The fraction of sp³-hybridized carbons (Fsp3) is 0.0952. The fourth-order valence-corrected chi connectivity index (χ4v) is 2.91. The summed E-state index contributed by atoms with van der Waals surface area (Å²) in [6, 6.07) is 14.3. The van der Waals surface area contributed by atoms with Gasteiger partial charge in [-0.15, -0.1) is 0 Å². The van der Waals surface area contributed by atoms with E-state index in [1.54, 1.807) is 37.7 Å². The molecule has 2 aromatic carbocycles. The first-order chi connectivity index (χ1) is 13.7. The molecule has 2 N–H and O–H groups in total. The minimum absolute atomic E-state index is 0.242. The SMILES string of the molecule is COc1ccc(C(=O)Nc2ccc3nc(-c4ccncc4)[nH]c3c2)cc1OC. The number of benzene rings is 2. The van der Waals surface area contributed by atoms with Gasteiger partial charge in [-0.3, -0.25) is 9.78 Å². The predicted molar refractivity (Wildman–Crippen MR) is 107 cm³/mol. The van der Waals surface area contributed by atoms with Crippen LogP contribution in [0.15, 0.2) is 60.9 Å². The Hall–Kier alpha value is -3.87. The summed E-state index contributed by atoms with van der Waals surface area (Å²) < 4.78 is 10.5. The third-order valence-electron chi connectivity index (χ3n) is 4.34. The summed E-state index contributed by atoms with van der Waals surface area (Å²) in [7, 11) is 3.09. The van der Waals surface area contributed by atoms with E-state index in [1.165, 1.54) is 7.11 Å². The molecule has 0 spiro atoms. The van der Waals surface area contributed by atoms with E-state index in [0.717, 1.165) is 22.4 Å². The van der Waals surface area contributed by atoms with E-state index in [-0.39, 0.29) is 5.91 Å². The van der Waals surface area contributed by atoms with Crippen molar-refractivity contribution in [2.45, 2.75) is 0 Å². The smallest absolute Gasteiger partial charge is 0.255 e. The highest BCUT2D eigenvalue weighted by Crippen LogP contribution is 2.28. The third kappa shape index (κ3) is 3.37. The van der Waals surface area contributed by atoms with Crippen molar-refractivity contribution in [3.8, 4) is 22.9 Å². The summed E-state index contributed by atoms with van der Waals surface area (Å²) in [6.07, 6.45) is 3.44. The highest BCUT2D eigenvalue weighted by Gasteiger charge is 2.12. The van der Waals surface area contributed by atoms with Gasteiger partial charge in [0.1, 0.15) is 5.82 Å². The maximum atomic E-state index is 12.6. The molecule has 7 heteroatoms. The van der Waals surface area contributed by atoms with Gasteiger partial charge in [0.15, 0.2) is 11.5 Å². The van der Waals surface area contributed by atoms with E-state index in [2.05, 4.69) is 20.3 Å². The maximum Gasteiger partial charge on any atom is 0.255 e. The molecule has 0 unspecified atom stereocenters. The third-order valence-corrected chi connectivity index (χ3v) is 4.34. The van der Waals surface area contributed by atoms with Crippen LogP contribution in [0.3, 0.4) is 0 Å². The van der Waals surface area contributed by atoms with Gasteiger partial charge in [0.2, 0.25) is 0 Å². The van der Waals surface area contributed by atoms with Crippen LogP contribution in [0, 0.1) is 0 Å². The molecule has 140 valence electrons. The van der Waals surface area contributed by atoms with Crippen molar-refractivity contribution in [3.05, 3.63) is 66.5 Å². The van der Waals surface area contributed by atoms with Gasteiger partial charge in [-0.2, -0.15) is 0 Å². The number of hydrogen-bond acceptors (Lipinski definition) is 5. The highest BCUT2D eigenvalue weighted by atomic mass is 16.5. The zero-order valence-corrected chi connectivity index (χ0v) is 15.4. The van der Waals surface area contributed by atoms with Gasteiger partial charge in [-0.1, -0.05) is 0 Å². The van der Waals surface area contributed by atoms with Crippen LogP contribution in [0.2, 0.25) is 0 Å². The molecule has 0 fully saturated rings. The Morgan fingerprint density at radius 2 is 1.75 bits per heavy atom. The molecule has 4 aromatic rings. The van der Waals surface area contributed by atoms with E-state index in [9.17, 15) is 4.79 Å². The lowest BCUT2D eigenvalue weighted by atomic mass is 10.1. The Morgan fingerprint density at radius 3 is 2.50 bits per heavy atom. The number of methoxy groups -OCH3 is 2. The van der Waals surface area contributed by atoms with Gasteiger partial charge >= 0.3 is 0 Å². The van der Waals surface area contributed by atoms with E-state index in [1.807, 2.05) is 30.3 Å². The van der Waals surface area contributed by atoms with Gasteiger partial charge in [0.25, 0.3) is 5.91 Å². The average Bonchev–Trinajstić information content (AvgIpc) is 3.17. The highest BCUT2D eigenvalue weighted by molar-refractivity contribution is 6.05. The molecule has 7 nitrogen and oxygen atoms in total. The molecule has 2 heterocycles. The number of ether oxygens (including phenoxy) is 2. The number of carbonyl (C=O) groups excluding carboxylic acids is 1. The van der Waals surface area contributed by atoms with E-state index >= 15 is 0 Å². The number of H-pyrrole nitrogens is 1. The predicted octanol–water partition coefficient (Wildman–Crippen LogP) is 3.89. The summed E-state index contributed by atoms with van der Waals surface area (Å²) in [4.78, 5) is 24.5. The monoisotopic (exact) mass is 374 g/mol. The Kier molecular flexibility index (Phi) is 4.63. The molecule has 4 rings (SSSR count). The van der Waals surface area contributed by atoms with Crippen LogP contribution >= 0.6 is 0 Å². The number of aromatic amines is 1. The molecule has 0 saturated heterocycles. The van der Waals surface area contributed by atoms with Gasteiger partial charge in [-0.25, -0.2) is 4.98 Å². The van der Waals surface area contributed by atoms with E-state index < -0.39 is 0 Å². The van der Waals surface area contributed by atoms with Crippen molar-refractivity contribution < 1.29 is 14.3 Å². The van der Waals surface area contributed by atoms with Crippen LogP contribution in [0.4, 0.5) is 5.69 Å². The number of aromatic nitrogens is 3. The molecule has 0 aliphatic rings. The quantitative estimate of drug-likeness (QED) is 0.553. The molecule has 0 bridgehead atoms. The number of fused-ring (bicyclic) bond motifs is 1. The average molecular weight is 374 g/mol. The molecular formula is C21H18N4O3. The van der Waals surface area contributed by atoms with Crippen molar-refractivity contribution in [1.82, 2.24) is 15.0 Å². The normalized spacial score (nSPS) is 10.6. The van der Waals surface area contributed by atoms with Gasteiger partial charge < -0.3 is 19.8 Å². The lowest BCUT2D eigenvalue weighted by Crippen LogP contribution is -2.12. The first kappa shape index (κ1) is 17.5. The van der Waals surface area contributed by atoms with Crippen molar-refractivity contribution in [1.29, 1.82) is 0 Å². The van der Waals surface area contributed by atoms with Gasteiger partial charge in [0.05, 0.1) is 25.3 Å². The zero-order chi connectivity index (χ0) is 19.5. The minimum Gasteiger partial charge on any atom is -0.493 e. The summed E-state index contributed by atoms with van der Waals surface area (Å²) in [5.74, 6) is 1.58. The number of carbonyl (C=O) groups is 1. The Labute approximate surface area is 161 Å². The molecule has 0 aliphatic carbocycles. The Morgan fingerprint density at radius 1 is 0.964 bits per heavy atom. The first-order valence-corrected chi connectivity index (χ1v) is 8.61. The van der Waals surface area contributed by atoms with E-state index in [0.29, 0.717) is 22.7 Å². The van der Waals surface area contributed by atoms with Crippen LogP contribution in [0.25, 0.3) is 22.4 Å². The number of imidazole rings is 1. The molecule has 0 aliphatic heterocycles. The number of nitrogens with one attached hydrogen (secondary N) is 2. The van der Waals surface area contributed by atoms with Crippen LogP contribution in [-0.4, -0.2) is 35.1 Å². The molecule has 0 saturated carbocycles. The molecule has 1 amide bonds. The van der Waals surface area contributed by atoms with Crippen LogP contribution in [-0.2, 0) is 0 Å². The number of rotatable bonds is 5. The van der Waals surface area contributed by atoms with Crippen LogP contribution in [0.5, 0.6) is 11.5 Å². The zero-order valence-electron chi connectivity index (χ0n) is 15.4. The fourth-order valence-electron chi connectivity index (χ4n) is 2.91. The van der Waals surface area contributed by atoms with Crippen molar-refractivity contribution in [2.24, 2.45) is 0 Å². The first-order valence-electron chi connectivity index (χ1n) is 8.61. The number of anilines is 1. The summed E-state index contributed by atoms with van der Waals surface area (Å²) in [6.45, 7) is 0. The number of hydrogen-bond donors (Lipinski definition) is 2. The summed E-state index contributed by atoms with van der Waals surface area (Å²) in [5.41, 5.74) is 3.73. The van der Waals surface area contributed by atoms with Crippen molar-refractivity contribution in [2.75, 3.05) is 19.5 Å². The number of pyridine rings is 1. The van der Waals surface area contributed by atoms with Crippen LogP contribution < -0.4 is 14.8 Å². The largest absolute Gasteiger partial charge is 0.493 e. The standard InChI is InChI=1S/C21H18N4O3/c1-27-18-6-3-14(11-19(18)28-2)21(26)23-15-4-5-16-17(12-15)25-20(24-16)13-7-9-22-10-8-13/h3-12H,1-2H3,(H,23,26)(H,24,25). The lowest BCUT2D eigenvalue weighted by Gasteiger charge is -2.10. The van der Waals surface area contributed by atoms with Crippen molar-refractivity contribution in [3.63, 3.8) is 0 Å².